The number of benzene rings is 2. The van der Waals surface area contributed by atoms with Crippen molar-refractivity contribution in [2.24, 2.45) is 0 Å². The Bertz CT molecular complexity index is 1100. The summed E-state index contributed by atoms with van der Waals surface area (Å²) in [4.78, 5) is 17.5. The van der Waals surface area contributed by atoms with Gasteiger partial charge in [0.2, 0.25) is 5.91 Å². The standard InChI is InChI=1S/C28H32ClN3OS/c29-23-14-10-22(11-15-23)26-18-30-28(32(26)25-8-4-5-9-25)34-19-27(33)31-24-16-12-21(13-17-24)20-6-2-1-3-7-20/h10-18,20,25H,1-9,19H2,(H,31,33). The number of thioether (sulfide) groups is 1. The van der Waals surface area contributed by atoms with Gasteiger partial charge in [-0.05, 0) is 67.0 Å². The summed E-state index contributed by atoms with van der Waals surface area (Å²) in [6.07, 6.45) is 13.3. The number of nitrogens with zero attached hydrogens (tertiary/aromatic N) is 2. The maximum absolute atomic E-state index is 12.7. The summed E-state index contributed by atoms with van der Waals surface area (Å²) in [6.45, 7) is 0. The van der Waals surface area contributed by atoms with Gasteiger partial charge in [-0.2, -0.15) is 0 Å². The van der Waals surface area contributed by atoms with Crippen molar-refractivity contribution >= 4 is 35.0 Å². The van der Waals surface area contributed by atoms with Crippen LogP contribution in [0.1, 0.15) is 75.3 Å². The lowest BCUT2D eigenvalue weighted by molar-refractivity contribution is -0.113. The quantitative estimate of drug-likeness (QED) is 0.338. The third-order valence-electron chi connectivity index (χ3n) is 7.20. The lowest BCUT2D eigenvalue weighted by Gasteiger charge is -2.22. The topological polar surface area (TPSA) is 46.9 Å². The van der Waals surface area contributed by atoms with Gasteiger partial charge in [0.05, 0.1) is 17.6 Å². The zero-order valence-corrected chi connectivity index (χ0v) is 21.1. The normalized spacial score (nSPS) is 17.2. The Balaban J connectivity index is 1.24. The van der Waals surface area contributed by atoms with Crippen LogP contribution in [0.2, 0.25) is 5.02 Å². The highest BCUT2D eigenvalue weighted by molar-refractivity contribution is 7.99. The number of rotatable bonds is 7. The predicted octanol–water partition coefficient (Wildman–Crippen LogP) is 8.10. The highest BCUT2D eigenvalue weighted by Crippen LogP contribution is 2.38. The fraction of sp³-hybridized carbons (Fsp3) is 0.429. The van der Waals surface area contributed by atoms with Crippen molar-refractivity contribution in [2.45, 2.75) is 74.9 Å². The molecule has 0 unspecified atom stereocenters. The number of amides is 1. The van der Waals surface area contributed by atoms with E-state index in [0.717, 1.165) is 40.0 Å². The first kappa shape index (κ1) is 23.5. The van der Waals surface area contributed by atoms with Crippen LogP contribution in [0.4, 0.5) is 5.69 Å². The first-order valence-corrected chi connectivity index (χ1v) is 13.9. The number of halogens is 1. The lowest BCUT2D eigenvalue weighted by atomic mass is 9.84. The van der Waals surface area contributed by atoms with Crippen molar-refractivity contribution in [2.75, 3.05) is 11.1 Å². The van der Waals surface area contributed by atoms with Crippen LogP contribution in [0.3, 0.4) is 0 Å². The van der Waals surface area contributed by atoms with E-state index in [2.05, 4.69) is 22.0 Å². The maximum Gasteiger partial charge on any atom is 0.234 e. The van der Waals surface area contributed by atoms with Gasteiger partial charge in [-0.1, -0.05) is 79.7 Å². The number of carbonyl (C=O) groups excluding carboxylic acids is 1. The minimum absolute atomic E-state index is 0.00410. The maximum atomic E-state index is 12.7. The molecule has 0 radical (unpaired) electrons. The van der Waals surface area contributed by atoms with Gasteiger partial charge in [-0.15, -0.1) is 0 Å². The Morgan fingerprint density at radius 1 is 0.941 bits per heavy atom. The van der Waals surface area contributed by atoms with Crippen LogP contribution in [0, 0.1) is 0 Å². The van der Waals surface area contributed by atoms with E-state index in [9.17, 15) is 4.79 Å². The summed E-state index contributed by atoms with van der Waals surface area (Å²) in [5.41, 5.74) is 4.48. The smallest absolute Gasteiger partial charge is 0.234 e. The van der Waals surface area contributed by atoms with Gasteiger partial charge in [-0.3, -0.25) is 4.79 Å². The summed E-state index contributed by atoms with van der Waals surface area (Å²) in [5, 5.41) is 4.71. The summed E-state index contributed by atoms with van der Waals surface area (Å²) in [6, 6.07) is 16.8. The third-order valence-corrected chi connectivity index (χ3v) is 8.41. The second-order valence-electron chi connectivity index (χ2n) is 9.53. The van der Waals surface area contributed by atoms with Gasteiger partial charge in [0.25, 0.3) is 0 Å². The molecule has 2 saturated carbocycles. The van der Waals surface area contributed by atoms with Crippen LogP contribution in [-0.4, -0.2) is 21.2 Å². The Labute approximate surface area is 211 Å². The van der Waals surface area contributed by atoms with Crippen LogP contribution < -0.4 is 5.32 Å². The molecule has 1 aromatic heterocycles. The van der Waals surface area contributed by atoms with Crippen molar-refractivity contribution in [3.8, 4) is 11.3 Å². The number of hydrogen-bond acceptors (Lipinski definition) is 3. The highest BCUT2D eigenvalue weighted by atomic mass is 35.5. The zero-order valence-electron chi connectivity index (χ0n) is 19.5. The molecule has 0 saturated heterocycles. The Morgan fingerprint density at radius 3 is 2.32 bits per heavy atom. The lowest BCUT2D eigenvalue weighted by Crippen LogP contribution is -2.15. The van der Waals surface area contributed by atoms with E-state index in [4.69, 9.17) is 16.6 Å². The van der Waals surface area contributed by atoms with Crippen molar-refractivity contribution in [1.82, 2.24) is 9.55 Å². The fourth-order valence-corrected chi connectivity index (χ4v) is 6.37. The second kappa shape index (κ2) is 11.0. The number of aromatic nitrogens is 2. The minimum atomic E-state index is 0.00410. The SMILES string of the molecule is O=C(CSc1ncc(-c2ccc(Cl)cc2)n1C1CCCC1)Nc1ccc(C2CCCCC2)cc1. The highest BCUT2D eigenvalue weighted by Gasteiger charge is 2.24. The van der Waals surface area contributed by atoms with Crippen LogP contribution in [0.5, 0.6) is 0 Å². The summed E-state index contributed by atoms with van der Waals surface area (Å²) in [5.74, 6) is 1.02. The molecule has 34 heavy (non-hydrogen) atoms. The number of hydrogen-bond donors (Lipinski definition) is 1. The van der Waals surface area contributed by atoms with Gasteiger partial charge in [0.15, 0.2) is 5.16 Å². The molecule has 1 heterocycles. The van der Waals surface area contributed by atoms with Crippen LogP contribution >= 0.6 is 23.4 Å². The van der Waals surface area contributed by atoms with Gasteiger partial charge < -0.3 is 9.88 Å². The second-order valence-corrected chi connectivity index (χ2v) is 10.9. The molecule has 0 bridgehead atoms. The minimum Gasteiger partial charge on any atom is -0.325 e. The molecule has 2 fully saturated rings. The monoisotopic (exact) mass is 493 g/mol. The van der Waals surface area contributed by atoms with E-state index in [-0.39, 0.29) is 5.91 Å². The molecular weight excluding hydrogens is 462 g/mol. The number of carbonyl (C=O) groups is 1. The number of imidazole rings is 1. The molecule has 2 aliphatic rings. The molecule has 0 aliphatic heterocycles. The van der Waals surface area contributed by atoms with Gasteiger partial charge in [0.1, 0.15) is 0 Å². The summed E-state index contributed by atoms with van der Waals surface area (Å²) < 4.78 is 2.34. The van der Waals surface area contributed by atoms with Crippen molar-refractivity contribution in [3.05, 3.63) is 65.3 Å². The molecule has 3 aromatic rings. The molecule has 4 nitrogen and oxygen atoms in total. The van der Waals surface area contributed by atoms with E-state index in [1.165, 1.54) is 62.3 Å². The van der Waals surface area contributed by atoms with E-state index in [0.29, 0.717) is 17.7 Å². The molecule has 178 valence electrons. The molecule has 6 heteroatoms. The molecule has 0 spiro atoms. The van der Waals surface area contributed by atoms with E-state index < -0.39 is 0 Å². The average Bonchev–Trinajstić information content (AvgIpc) is 3.54. The number of nitrogens with one attached hydrogen (secondary N) is 1. The van der Waals surface area contributed by atoms with Crippen molar-refractivity contribution < 1.29 is 4.79 Å². The molecule has 2 aromatic carbocycles. The Morgan fingerprint density at radius 2 is 1.62 bits per heavy atom. The fourth-order valence-electron chi connectivity index (χ4n) is 5.40. The van der Waals surface area contributed by atoms with E-state index in [1.54, 1.807) is 0 Å². The molecule has 5 rings (SSSR count). The van der Waals surface area contributed by atoms with Crippen molar-refractivity contribution in [1.29, 1.82) is 0 Å². The van der Waals surface area contributed by atoms with Gasteiger partial charge in [-0.25, -0.2) is 4.98 Å². The first-order valence-electron chi connectivity index (χ1n) is 12.5. The van der Waals surface area contributed by atoms with Crippen LogP contribution in [-0.2, 0) is 4.79 Å². The number of anilines is 1. The molecule has 1 amide bonds. The van der Waals surface area contributed by atoms with Crippen LogP contribution in [0.15, 0.2) is 59.9 Å². The van der Waals surface area contributed by atoms with E-state index >= 15 is 0 Å². The van der Waals surface area contributed by atoms with E-state index in [1.807, 2.05) is 42.6 Å². The predicted molar refractivity (Wildman–Crippen MR) is 142 cm³/mol. The largest absolute Gasteiger partial charge is 0.325 e. The van der Waals surface area contributed by atoms with Crippen LogP contribution in [0.25, 0.3) is 11.3 Å². The average molecular weight is 494 g/mol. The van der Waals surface area contributed by atoms with Gasteiger partial charge in [0, 0.05) is 16.8 Å². The molecule has 2 aliphatic carbocycles. The van der Waals surface area contributed by atoms with Gasteiger partial charge >= 0.3 is 0 Å². The summed E-state index contributed by atoms with van der Waals surface area (Å²) >= 11 is 7.62. The molecule has 0 atom stereocenters. The van der Waals surface area contributed by atoms with Crippen molar-refractivity contribution in [3.63, 3.8) is 0 Å². The first-order chi connectivity index (χ1) is 16.7. The Hall–Kier alpha value is -2.24. The zero-order chi connectivity index (χ0) is 23.3. The Kier molecular flexibility index (Phi) is 7.60. The molecular formula is C28H32ClN3OS. The third kappa shape index (κ3) is 5.52. The summed E-state index contributed by atoms with van der Waals surface area (Å²) in [7, 11) is 0. The molecule has 1 N–H and O–H groups in total.